The third-order valence-corrected chi connectivity index (χ3v) is 5.26. The Kier molecular flexibility index (Phi) is 7.15. The Balaban J connectivity index is 1.77. The average molecular weight is 425 g/mol. The van der Waals surface area contributed by atoms with Crippen molar-refractivity contribution in [2.75, 3.05) is 18.5 Å². The predicted octanol–water partition coefficient (Wildman–Crippen LogP) is 5.00. The van der Waals surface area contributed by atoms with E-state index < -0.39 is 0 Å². The van der Waals surface area contributed by atoms with Crippen LogP contribution in [0.25, 0.3) is 11.0 Å². The van der Waals surface area contributed by atoms with Crippen LogP contribution in [-0.4, -0.2) is 33.9 Å². The third kappa shape index (κ3) is 4.98. The molecule has 0 bridgehead atoms. The first-order valence-corrected chi connectivity index (χ1v) is 10.9. The number of carbonyl (C=O) groups is 1. The lowest BCUT2D eigenvalue weighted by molar-refractivity contribution is -0.116. The Labute approximate surface area is 183 Å². The van der Waals surface area contributed by atoms with Gasteiger partial charge in [0.1, 0.15) is 11.5 Å². The van der Waals surface area contributed by atoms with Crippen molar-refractivity contribution in [2.24, 2.45) is 0 Å². The van der Waals surface area contributed by atoms with Gasteiger partial charge in [0.25, 0.3) is 0 Å². The Morgan fingerprint density at radius 1 is 1.16 bits per heavy atom. The molecule has 0 aliphatic rings. The van der Waals surface area contributed by atoms with Gasteiger partial charge in [-0.05, 0) is 71.2 Å². The molecular weight excluding hydrogens is 392 g/mol. The minimum Gasteiger partial charge on any atom is -0.494 e. The summed E-state index contributed by atoms with van der Waals surface area (Å²) >= 11 is 0. The average Bonchev–Trinajstić information content (AvgIpc) is 3.14. The number of hydrogen-bond donors (Lipinski definition) is 1. The predicted molar refractivity (Wildman–Crippen MR) is 123 cm³/mol. The minimum absolute atomic E-state index is 0.0774. The number of rotatable bonds is 9. The summed E-state index contributed by atoms with van der Waals surface area (Å²) in [5.41, 5.74) is 4.69. The molecule has 31 heavy (non-hydrogen) atoms. The largest absolute Gasteiger partial charge is 0.494 e. The quantitative estimate of drug-likeness (QED) is 0.523. The van der Waals surface area contributed by atoms with E-state index in [1.54, 1.807) is 6.07 Å². The number of carbonyl (C=O) groups excluding carboxylic acids is 1. The number of benzene rings is 1. The highest BCUT2D eigenvalue weighted by atomic mass is 16.5. The van der Waals surface area contributed by atoms with Crippen molar-refractivity contribution in [2.45, 2.75) is 60.4 Å². The summed E-state index contributed by atoms with van der Waals surface area (Å²) in [6, 6.07) is 5.71. The molecule has 0 spiro atoms. The lowest BCUT2D eigenvalue weighted by Crippen LogP contribution is -2.14. The molecule has 0 fully saturated rings. The Morgan fingerprint density at radius 2 is 1.90 bits per heavy atom. The standard InChI is InChI=1S/C24H32N4O3/c1-7-30-18-9-11-22(31-8-2)21(13-18)27-23(29)12-10-19-16(5)20-14-25-28(15(3)4)24(20)26-17(19)6/h9,11,13-15H,7-8,10,12H2,1-6H3,(H,27,29). The summed E-state index contributed by atoms with van der Waals surface area (Å²) in [4.78, 5) is 17.5. The third-order valence-electron chi connectivity index (χ3n) is 5.26. The Hall–Kier alpha value is -3.09. The van der Waals surface area contributed by atoms with Gasteiger partial charge in [-0.15, -0.1) is 0 Å². The lowest BCUT2D eigenvalue weighted by Gasteiger charge is -2.15. The maximum Gasteiger partial charge on any atom is 0.224 e. The molecule has 0 atom stereocenters. The molecule has 7 nitrogen and oxygen atoms in total. The van der Waals surface area contributed by atoms with E-state index in [0.29, 0.717) is 43.2 Å². The summed E-state index contributed by atoms with van der Waals surface area (Å²) in [5.74, 6) is 1.26. The lowest BCUT2D eigenvalue weighted by atomic mass is 10.0. The van der Waals surface area contributed by atoms with Crippen molar-refractivity contribution < 1.29 is 14.3 Å². The van der Waals surface area contributed by atoms with Crippen LogP contribution < -0.4 is 14.8 Å². The molecule has 166 valence electrons. The van der Waals surface area contributed by atoms with Crippen molar-refractivity contribution in [3.8, 4) is 11.5 Å². The molecule has 1 N–H and O–H groups in total. The number of pyridine rings is 1. The fraction of sp³-hybridized carbons (Fsp3) is 0.458. The normalized spacial score (nSPS) is 11.2. The molecule has 0 aliphatic heterocycles. The number of aromatic nitrogens is 3. The number of hydrogen-bond acceptors (Lipinski definition) is 5. The summed E-state index contributed by atoms with van der Waals surface area (Å²) in [7, 11) is 0. The number of aryl methyl sites for hydroxylation is 2. The second-order valence-corrected chi connectivity index (χ2v) is 7.79. The van der Waals surface area contributed by atoms with E-state index in [0.717, 1.165) is 27.9 Å². The smallest absolute Gasteiger partial charge is 0.224 e. The summed E-state index contributed by atoms with van der Waals surface area (Å²) in [6.07, 6.45) is 2.82. The summed E-state index contributed by atoms with van der Waals surface area (Å²) in [5, 5.41) is 8.51. The number of nitrogens with one attached hydrogen (secondary N) is 1. The van der Waals surface area contributed by atoms with Gasteiger partial charge in [-0.2, -0.15) is 5.10 Å². The maximum absolute atomic E-state index is 12.7. The summed E-state index contributed by atoms with van der Waals surface area (Å²) < 4.78 is 13.1. The second kappa shape index (κ2) is 9.81. The van der Waals surface area contributed by atoms with Crippen LogP contribution >= 0.6 is 0 Å². The van der Waals surface area contributed by atoms with E-state index in [9.17, 15) is 4.79 Å². The monoisotopic (exact) mass is 424 g/mol. The van der Waals surface area contributed by atoms with Crippen LogP contribution in [-0.2, 0) is 11.2 Å². The first kappa shape index (κ1) is 22.6. The zero-order chi connectivity index (χ0) is 22.5. The topological polar surface area (TPSA) is 78.3 Å². The van der Waals surface area contributed by atoms with Crippen molar-refractivity contribution in [1.29, 1.82) is 0 Å². The van der Waals surface area contributed by atoms with Gasteiger partial charge in [-0.25, -0.2) is 9.67 Å². The number of anilines is 1. The highest BCUT2D eigenvalue weighted by molar-refractivity contribution is 5.93. The molecule has 1 amide bonds. The van der Waals surface area contributed by atoms with Crippen LogP contribution in [0.15, 0.2) is 24.4 Å². The minimum atomic E-state index is -0.0774. The van der Waals surface area contributed by atoms with Crippen LogP contribution in [0.1, 0.15) is 57.0 Å². The fourth-order valence-corrected chi connectivity index (χ4v) is 3.73. The molecule has 0 radical (unpaired) electrons. The Morgan fingerprint density at radius 3 is 2.58 bits per heavy atom. The van der Waals surface area contributed by atoms with Gasteiger partial charge in [0.05, 0.1) is 25.1 Å². The summed E-state index contributed by atoms with van der Waals surface area (Å²) in [6.45, 7) is 13.2. The molecule has 1 aromatic carbocycles. The van der Waals surface area contributed by atoms with Gasteiger partial charge in [0.2, 0.25) is 5.91 Å². The van der Waals surface area contributed by atoms with Crippen LogP contribution in [0.4, 0.5) is 5.69 Å². The fourth-order valence-electron chi connectivity index (χ4n) is 3.73. The first-order valence-electron chi connectivity index (χ1n) is 10.9. The molecule has 0 unspecified atom stereocenters. The number of amides is 1. The molecule has 3 aromatic rings. The number of ether oxygens (including phenoxy) is 2. The molecule has 2 heterocycles. The van der Waals surface area contributed by atoms with E-state index in [4.69, 9.17) is 14.5 Å². The maximum atomic E-state index is 12.7. The molecule has 0 aliphatic carbocycles. The molecule has 2 aromatic heterocycles. The van der Waals surface area contributed by atoms with Gasteiger partial charge < -0.3 is 14.8 Å². The van der Waals surface area contributed by atoms with Crippen LogP contribution in [0, 0.1) is 13.8 Å². The molecular formula is C24H32N4O3. The Bertz CT molecular complexity index is 1070. The zero-order valence-corrected chi connectivity index (χ0v) is 19.3. The second-order valence-electron chi connectivity index (χ2n) is 7.79. The highest BCUT2D eigenvalue weighted by Crippen LogP contribution is 2.30. The molecule has 0 saturated heterocycles. The zero-order valence-electron chi connectivity index (χ0n) is 19.3. The van der Waals surface area contributed by atoms with E-state index in [-0.39, 0.29) is 11.9 Å². The highest BCUT2D eigenvalue weighted by Gasteiger charge is 2.16. The van der Waals surface area contributed by atoms with E-state index in [2.05, 4.69) is 31.2 Å². The van der Waals surface area contributed by atoms with Gasteiger partial charge in [-0.3, -0.25) is 4.79 Å². The van der Waals surface area contributed by atoms with E-state index in [1.165, 1.54) is 0 Å². The van der Waals surface area contributed by atoms with Crippen molar-refractivity contribution in [3.05, 3.63) is 41.2 Å². The molecule has 0 saturated carbocycles. The van der Waals surface area contributed by atoms with Gasteiger partial charge >= 0.3 is 0 Å². The van der Waals surface area contributed by atoms with E-state index in [1.807, 2.05) is 43.8 Å². The van der Waals surface area contributed by atoms with Crippen LogP contribution in [0.3, 0.4) is 0 Å². The number of fused-ring (bicyclic) bond motifs is 1. The van der Waals surface area contributed by atoms with Crippen molar-refractivity contribution >= 4 is 22.6 Å². The number of nitrogens with zero attached hydrogens (tertiary/aromatic N) is 3. The molecule has 7 heteroatoms. The van der Waals surface area contributed by atoms with Crippen molar-refractivity contribution in [3.63, 3.8) is 0 Å². The van der Waals surface area contributed by atoms with E-state index >= 15 is 0 Å². The van der Waals surface area contributed by atoms with Gasteiger partial charge in [0, 0.05) is 29.6 Å². The van der Waals surface area contributed by atoms with Crippen LogP contribution in [0.2, 0.25) is 0 Å². The molecule has 3 rings (SSSR count). The SMILES string of the molecule is CCOc1ccc(OCC)c(NC(=O)CCc2c(C)nc3c(cnn3C(C)C)c2C)c1. The van der Waals surface area contributed by atoms with Crippen molar-refractivity contribution in [1.82, 2.24) is 14.8 Å². The van der Waals surface area contributed by atoms with Gasteiger partial charge in [-0.1, -0.05) is 0 Å². The van der Waals surface area contributed by atoms with Crippen LogP contribution in [0.5, 0.6) is 11.5 Å². The first-order chi connectivity index (χ1) is 14.8. The van der Waals surface area contributed by atoms with Gasteiger partial charge in [0.15, 0.2) is 5.65 Å².